The van der Waals surface area contributed by atoms with Crippen molar-refractivity contribution in [1.29, 1.82) is 0 Å². The van der Waals surface area contributed by atoms with Crippen LogP contribution in [-0.2, 0) is 9.47 Å². The molecule has 4 heteroatoms. The van der Waals surface area contributed by atoms with Gasteiger partial charge < -0.3 is 9.47 Å². The molecule has 12 heavy (non-hydrogen) atoms. The number of ether oxygens (including phenoxy) is 2. The lowest BCUT2D eigenvalue weighted by atomic mass is 10.5. The van der Waals surface area contributed by atoms with E-state index >= 15 is 0 Å². The molecule has 0 atom stereocenters. The molecule has 0 radical (unpaired) electrons. The second kappa shape index (κ2) is 11.9. The van der Waals surface area contributed by atoms with Crippen molar-refractivity contribution in [3.63, 3.8) is 0 Å². The van der Waals surface area contributed by atoms with Crippen molar-refractivity contribution in [2.24, 2.45) is 0 Å². The minimum atomic E-state index is 0.676. The molecule has 74 valence electrons. The van der Waals surface area contributed by atoms with Crippen molar-refractivity contribution in [3.8, 4) is 0 Å². The fourth-order valence-corrected chi connectivity index (χ4v) is 1.06. The maximum Gasteiger partial charge on any atom is 0.0700 e. The van der Waals surface area contributed by atoms with E-state index in [9.17, 15) is 0 Å². The van der Waals surface area contributed by atoms with Gasteiger partial charge in [0.1, 0.15) is 0 Å². The summed E-state index contributed by atoms with van der Waals surface area (Å²) in [5.74, 6) is 0.676. The number of halogens is 2. The summed E-state index contributed by atoms with van der Waals surface area (Å²) in [4.78, 5) is 0. The summed E-state index contributed by atoms with van der Waals surface area (Å²) in [7, 11) is 0. The topological polar surface area (TPSA) is 18.5 Å². The third kappa shape index (κ3) is 10.9. The van der Waals surface area contributed by atoms with Crippen LogP contribution < -0.4 is 0 Å². The Labute approximate surface area is 93.1 Å². The van der Waals surface area contributed by atoms with Crippen molar-refractivity contribution in [2.75, 3.05) is 36.7 Å². The highest BCUT2D eigenvalue weighted by Crippen LogP contribution is 1.90. The van der Waals surface area contributed by atoms with Crippen molar-refractivity contribution in [3.05, 3.63) is 0 Å². The summed E-state index contributed by atoms with van der Waals surface area (Å²) in [6.45, 7) is 3.00. The normalized spacial score (nSPS) is 10.5. The zero-order valence-corrected chi connectivity index (χ0v) is 10.1. The second-order valence-electron chi connectivity index (χ2n) is 2.31. The highest BCUT2D eigenvalue weighted by molar-refractivity contribution is 14.1. The molecule has 0 fully saturated rings. The molecule has 2 nitrogen and oxygen atoms in total. The summed E-state index contributed by atoms with van der Waals surface area (Å²) in [5.41, 5.74) is 0. The number of hydrogen-bond donors (Lipinski definition) is 0. The maximum atomic E-state index is 5.47. The third-order valence-electron chi connectivity index (χ3n) is 1.22. The van der Waals surface area contributed by atoms with E-state index in [0.29, 0.717) is 19.1 Å². The molecular formula is C8H16ClIO2. The Morgan fingerprint density at radius 1 is 0.917 bits per heavy atom. The minimum absolute atomic E-state index is 0.676. The molecule has 0 rings (SSSR count). The van der Waals surface area contributed by atoms with Gasteiger partial charge in [-0.3, -0.25) is 0 Å². The van der Waals surface area contributed by atoms with Gasteiger partial charge in [-0.2, -0.15) is 0 Å². The van der Waals surface area contributed by atoms with E-state index < -0.39 is 0 Å². The van der Waals surface area contributed by atoms with Crippen LogP contribution in [0.5, 0.6) is 0 Å². The van der Waals surface area contributed by atoms with Gasteiger partial charge in [-0.05, 0) is 12.8 Å². The van der Waals surface area contributed by atoms with E-state index in [2.05, 4.69) is 22.6 Å². The summed E-state index contributed by atoms with van der Waals surface area (Å²) >= 11 is 7.81. The molecule has 0 N–H and O–H groups in total. The van der Waals surface area contributed by atoms with Crippen molar-refractivity contribution < 1.29 is 9.47 Å². The van der Waals surface area contributed by atoms with E-state index in [-0.39, 0.29) is 0 Å². The van der Waals surface area contributed by atoms with Crippen LogP contribution in [0.25, 0.3) is 0 Å². The molecule has 0 amide bonds. The molecule has 0 unspecified atom stereocenters. The first-order valence-electron chi connectivity index (χ1n) is 4.19. The zero-order valence-electron chi connectivity index (χ0n) is 7.23. The van der Waals surface area contributed by atoms with E-state index in [4.69, 9.17) is 21.1 Å². The van der Waals surface area contributed by atoms with Crippen LogP contribution in [0, 0.1) is 0 Å². The summed E-state index contributed by atoms with van der Waals surface area (Å²) < 4.78 is 11.7. The number of hydrogen-bond acceptors (Lipinski definition) is 2. The highest BCUT2D eigenvalue weighted by atomic mass is 127. The first-order chi connectivity index (χ1) is 5.91. The Morgan fingerprint density at radius 3 is 2.00 bits per heavy atom. The maximum absolute atomic E-state index is 5.47. The van der Waals surface area contributed by atoms with E-state index in [1.807, 2.05) is 0 Å². The largest absolute Gasteiger partial charge is 0.379 e. The summed E-state index contributed by atoms with van der Waals surface area (Å²) in [6.07, 6.45) is 2.05. The molecule has 0 aromatic heterocycles. The summed E-state index contributed by atoms with van der Waals surface area (Å²) in [6, 6.07) is 0. The van der Waals surface area contributed by atoms with Crippen molar-refractivity contribution in [2.45, 2.75) is 12.8 Å². The fraction of sp³-hybridized carbons (Fsp3) is 1.00. The van der Waals surface area contributed by atoms with Gasteiger partial charge in [-0.15, -0.1) is 11.6 Å². The Balaban J connectivity index is 2.73. The van der Waals surface area contributed by atoms with Crippen LogP contribution in [0.1, 0.15) is 12.8 Å². The van der Waals surface area contributed by atoms with Crippen LogP contribution in [0.4, 0.5) is 0 Å². The monoisotopic (exact) mass is 306 g/mol. The van der Waals surface area contributed by atoms with Gasteiger partial charge in [0.15, 0.2) is 0 Å². The van der Waals surface area contributed by atoms with E-state index in [1.54, 1.807) is 0 Å². The smallest absolute Gasteiger partial charge is 0.0700 e. The number of rotatable bonds is 9. The van der Waals surface area contributed by atoms with Gasteiger partial charge in [0.05, 0.1) is 13.2 Å². The molecule has 0 heterocycles. The molecule has 0 aromatic rings. The molecule has 0 aliphatic rings. The molecule has 0 saturated heterocycles. The predicted octanol–water partition coefficient (Wildman–Crippen LogP) is 2.47. The van der Waals surface area contributed by atoms with Gasteiger partial charge in [-0.25, -0.2) is 0 Å². The second-order valence-corrected chi connectivity index (χ2v) is 3.77. The van der Waals surface area contributed by atoms with Gasteiger partial charge in [-0.1, -0.05) is 22.6 Å². The summed E-state index contributed by atoms with van der Waals surface area (Å²) in [5, 5.41) is 0. The van der Waals surface area contributed by atoms with Crippen LogP contribution in [0.2, 0.25) is 0 Å². The Hall–Kier alpha value is 0.940. The molecular weight excluding hydrogens is 290 g/mol. The fourth-order valence-electron chi connectivity index (χ4n) is 0.635. The third-order valence-corrected chi connectivity index (χ3v) is 2.25. The standard InChI is InChI=1S/C8H16ClIO2/c9-3-1-5-11-7-8-12-6-2-4-10/h1-8H2. The van der Waals surface area contributed by atoms with Gasteiger partial charge >= 0.3 is 0 Å². The SMILES string of the molecule is ClCCCOCCOCCCI. The van der Waals surface area contributed by atoms with Crippen LogP contribution >= 0.6 is 34.2 Å². The zero-order chi connectivity index (χ0) is 9.07. The van der Waals surface area contributed by atoms with E-state index in [1.165, 1.54) is 0 Å². The predicted molar refractivity (Wildman–Crippen MR) is 60.5 cm³/mol. The van der Waals surface area contributed by atoms with Crippen LogP contribution in [0.15, 0.2) is 0 Å². The molecule has 0 spiro atoms. The van der Waals surface area contributed by atoms with Gasteiger partial charge in [0, 0.05) is 23.5 Å². The first kappa shape index (κ1) is 12.9. The molecule has 0 aromatic carbocycles. The highest BCUT2D eigenvalue weighted by Gasteiger charge is 1.89. The molecule has 0 aliphatic heterocycles. The van der Waals surface area contributed by atoms with Gasteiger partial charge in [0.25, 0.3) is 0 Å². The molecule has 0 saturated carbocycles. The average Bonchev–Trinajstić information content (AvgIpc) is 2.10. The Bertz CT molecular complexity index is 73.5. The van der Waals surface area contributed by atoms with Gasteiger partial charge in [0.2, 0.25) is 0 Å². The van der Waals surface area contributed by atoms with Crippen LogP contribution in [0.3, 0.4) is 0 Å². The number of alkyl halides is 2. The Kier molecular flexibility index (Phi) is 12.9. The minimum Gasteiger partial charge on any atom is -0.379 e. The Morgan fingerprint density at radius 2 is 1.50 bits per heavy atom. The van der Waals surface area contributed by atoms with Crippen molar-refractivity contribution >= 4 is 34.2 Å². The van der Waals surface area contributed by atoms with E-state index in [0.717, 1.165) is 30.5 Å². The quantitative estimate of drug-likeness (QED) is 0.370. The molecule has 0 aliphatic carbocycles. The molecule has 0 bridgehead atoms. The lowest BCUT2D eigenvalue weighted by Crippen LogP contribution is -2.06. The van der Waals surface area contributed by atoms with Crippen LogP contribution in [-0.4, -0.2) is 36.7 Å². The lowest BCUT2D eigenvalue weighted by Gasteiger charge is -2.03. The van der Waals surface area contributed by atoms with Crippen molar-refractivity contribution in [1.82, 2.24) is 0 Å². The lowest BCUT2D eigenvalue weighted by molar-refractivity contribution is 0.0489. The first-order valence-corrected chi connectivity index (χ1v) is 6.25. The average molecular weight is 307 g/mol.